The van der Waals surface area contributed by atoms with E-state index in [0.29, 0.717) is 35.8 Å². The highest BCUT2D eigenvalue weighted by Crippen LogP contribution is 2.44. The molecule has 3 heterocycles. The number of nitrogens with one attached hydrogen (secondary N) is 1. The van der Waals surface area contributed by atoms with Crippen LogP contribution in [0.5, 0.6) is 0 Å². The predicted octanol–water partition coefficient (Wildman–Crippen LogP) is 4.62. The normalized spacial score (nSPS) is 12.4. The first-order valence-corrected chi connectivity index (χ1v) is 11.6. The Balaban J connectivity index is 1.67. The molecule has 0 unspecified atom stereocenters. The zero-order chi connectivity index (χ0) is 23.7. The van der Waals surface area contributed by atoms with Crippen LogP contribution in [0, 0.1) is 5.82 Å². The van der Waals surface area contributed by atoms with Gasteiger partial charge >= 0.3 is 0 Å². The fourth-order valence-electron chi connectivity index (χ4n) is 3.93. The van der Waals surface area contributed by atoms with E-state index >= 15 is 4.39 Å². The molecule has 1 aliphatic rings. The van der Waals surface area contributed by atoms with Crippen LogP contribution in [0.3, 0.4) is 0 Å². The van der Waals surface area contributed by atoms with Crippen LogP contribution in [0.25, 0.3) is 27.5 Å². The second-order valence-corrected chi connectivity index (χ2v) is 8.67. The zero-order valence-electron chi connectivity index (χ0n) is 18.6. The Morgan fingerprint density at radius 3 is 2.97 bits per heavy atom. The van der Waals surface area contributed by atoms with Gasteiger partial charge in [0.25, 0.3) is 0 Å². The van der Waals surface area contributed by atoms with Gasteiger partial charge in [-0.1, -0.05) is 22.6 Å². The van der Waals surface area contributed by atoms with Crippen molar-refractivity contribution >= 4 is 28.6 Å². The molecule has 3 aromatic heterocycles. The molecule has 0 spiro atoms. The van der Waals surface area contributed by atoms with Gasteiger partial charge < -0.3 is 10.2 Å². The van der Waals surface area contributed by atoms with E-state index in [4.69, 9.17) is 9.94 Å². The van der Waals surface area contributed by atoms with Crippen LogP contribution >= 0.6 is 11.3 Å². The third-order valence-electron chi connectivity index (χ3n) is 5.33. The highest BCUT2D eigenvalue weighted by atomic mass is 32.1. The molecular weight excluding hydrogens is 455 g/mol. The number of aromatic nitrogens is 4. The van der Waals surface area contributed by atoms with Crippen LogP contribution in [0.2, 0.25) is 0 Å². The molecule has 1 N–H and O–H groups in total. The summed E-state index contributed by atoms with van der Waals surface area (Å²) in [5.41, 5.74) is 5.14. The molecule has 0 fully saturated rings. The number of amides is 1. The van der Waals surface area contributed by atoms with E-state index in [-0.39, 0.29) is 5.91 Å². The van der Waals surface area contributed by atoms with E-state index in [1.54, 1.807) is 29.2 Å². The molecule has 0 aliphatic heterocycles. The van der Waals surface area contributed by atoms with Crippen molar-refractivity contribution in [3.63, 3.8) is 0 Å². The van der Waals surface area contributed by atoms with E-state index < -0.39 is 5.82 Å². The quantitative estimate of drug-likeness (QED) is 0.324. The van der Waals surface area contributed by atoms with Gasteiger partial charge in [-0.05, 0) is 49.6 Å². The van der Waals surface area contributed by atoms with E-state index in [1.165, 1.54) is 30.5 Å². The van der Waals surface area contributed by atoms with Gasteiger partial charge in [-0.3, -0.25) is 9.78 Å². The van der Waals surface area contributed by atoms with Crippen molar-refractivity contribution in [3.05, 3.63) is 65.4 Å². The summed E-state index contributed by atoms with van der Waals surface area (Å²) >= 11 is 1.37. The number of anilines is 1. The van der Waals surface area contributed by atoms with Crippen LogP contribution in [-0.4, -0.2) is 38.5 Å². The van der Waals surface area contributed by atoms with Crippen LogP contribution < -0.4 is 5.32 Å². The molecule has 8 nitrogen and oxygen atoms in total. The molecule has 1 amide bonds. The Morgan fingerprint density at radius 1 is 1.35 bits per heavy atom. The second-order valence-electron chi connectivity index (χ2n) is 7.67. The number of carbonyl (C=O) groups excluding carboxylic acids is 1. The second kappa shape index (κ2) is 9.14. The minimum absolute atomic E-state index is 0.189. The number of carbonyl (C=O) groups is 1. The summed E-state index contributed by atoms with van der Waals surface area (Å²) in [6.45, 7) is 3.71. The smallest absolute Gasteiger partial charge is 0.223 e. The van der Waals surface area contributed by atoms with E-state index in [9.17, 15) is 4.79 Å². The lowest BCUT2D eigenvalue weighted by Gasteiger charge is -2.14. The SMILES string of the molecule is CCO/N=C\c1ccc(-n2nc(-c3cccnc3)c3c2-c2sc(NC(C)=O)nc2CC3)c(F)c1. The first kappa shape index (κ1) is 21.9. The highest BCUT2D eigenvalue weighted by molar-refractivity contribution is 7.19. The van der Waals surface area contributed by atoms with Gasteiger partial charge in [0.2, 0.25) is 5.91 Å². The maximum atomic E-state index is 15.3. The summed E-state index contributed by atoms with van der Waals surface area (Å²) in [6.07, 6.45) is 6.32. The number of oxime groups is 1. The molecule has 5 rings (SSSR count). The number of nitrogens with zero attached hydrogens (tertiary/aromatic N) is 5. The highest BCUT2D eigenvalue weighted by Gasteiger charge is 2.30. The number of hydrogen-bond acceptors (Lipinski definition) is 7. The van der Waals surface area contributed by atoms with Crippen LogP contribution in [0.15, 0.2) is 47.9 Å². The summed E-state index contributed by atoms with van der Waals surface area (Å²) in [7, 11) is 0. The number of hydrogen-bond donors (Lipinski definition) is 1. The van der Waals surface area contributed by atoms with E-state index in [0.717, 1.165) is 33.1 Å². The molecule has 0 radical (unpaired) electrons. The molecule has 172 valence electrons. The number of benzene rings is 1. The number of halogens is 1. The fourth-order valence-corrected chi connectivity index (χ4v) is 5.05. The molecule has 10 heteroatoms. The summed E-state index contributed by atoms with van der Waals surface area (Å²) in [4.78, 5) is 26.3. The van der Waals surface area contributed by atoms with Crippen molar-refractivity contribution in [2.75, 3.05) is 11.9 Å². The van der Waals surface area contributed by atoms with Gasteiger partial charge in [-0.25, -0.2) is 14.1 Å². The topological polar surface area (TPSA) is 94.3 Å². The van der Waals surface area contributed by atoms with Crippen molar-refractivity contribution < 1.29 is 14.0 Å². The Labute approximate surface area is 199 Å². The molecule has 0 saturated carbocycles. The lowest BCUT2D eigenvalue weighted by molar-refractivity contribution is -0.114. The average molecular weight is 477 g/mol. The van der Waals surface area contributed by atoms with Crippen molar-refractivity contribution in [3.8, 4) is 27.5 Å². The summed E-state index contributed by atoms with van der Waals surface area (Å²) in [5.74, 6) is -0.631. The van der Waals surface area contributed by atoms with E-state index in [1.807, 2.05) is 19.1 Å². The molecular formula is C24H21FN6O2S. The molecule has 1 aliphatic carbocycles. The Kier molecular flexibility index (Phi) is 5.89. The third kappa shape index (κ3) is 4.08. The molecule has 0 atom stereocenters. The molecule has 34 heavy (non-hydrogen) atoms. The number of pyridine rings is 1. The molecule has 4 aromatic rings. The van der Waals surface area contributed by atoms with Gasteiger partial charge in [0, 0.05) is 30.4 Å². The Bertz CT molecular complexity index is 1400. The van der Waals surface area contributed by atoms with Gasteiger partial charge in [-0.15, -0.1) is 0 Å². The lowest BCUT2D eigenvalue weighted by atomic mass is 9.95. The maximum absolute atomic E-state index is 15.3. The number of thiazole rings is 1. The van der Waals surface area contributed by atoms with Crippen molar-refractivity contribution in [1.82, 2.24) is 19.7 Å². The van der Waals surface area contributed by atoms with Gasteiger partial charge in [0.05, 0.1) is 28.2 Å². The Morgan fingerprint density at radius 2 is 2.24 bits per heavy atom. The third-order valence-corrected chi connectivity index (χ3v) is 6.35. The molecule has 0 saturated heterocycles. The van der Waals surface area contributed by atoms with Crippen LogP contribution in [0.4, 0.5) is 9.52 Å². The maximum Gasteiger partial charge on any atom is 0.223 e. The largest absolute Gasteiger partial charge is 0.396 e. The molecule has 1 aromatic carbocycles. The van der Waals surface area contributed by atoms with E-state index in [2.05, 4.69) is 20.4 Å². The predicted molar refractivity (Wildman–Crippen MR) is 129 cm³/mol. The van der Waals surface area contributed by atoms with Crippen LogP contribution in [0.1, 0.15) is 30.7 Å². The van der Waals surface area contributed by atoms with Gasteiger partial charge in [0.1, 0.15) is 18.1 Å². The average Bonchev–Trinajstić information content (AvgIpc) is 3.40. The monoisotopic (exact) mass is 476 g/mol. The van der Waals surface area contributed by atoms with Crippen molar-refractivity contribution in [1.29, 1.82) is 0 Å². The zero-order valence-corrected chi connectivity index (χ0v) is 19.4. The summed E-state index contributed by atoms with van der Waals surface area (Å²) < 4.78 is 17.0. The number of rotatable bonds is 6. The first-order valence-electron chi connectivity index (χ1n) is 10.8. The molecule has 0 bridgehead atoms. The minimum atomic E-state index is -0.442. The van der Waals surface area contributed by atoms with Crippen molar-refractivity contribution in [2.45, 2.75) is 26.7 Å². The number of aryl methyl sites for hydroxylation is 1. The first-order chi connectivity index (χ1) is 16.5. The van der Waals surface area contributed by atoms with Crippen molar-refractivity contribution in [2.24, 2.45) is 5.16 Å². The summed E-state index contributed by atoms with van der Waals surface area (Å²) in [6, 6.07) is 8.62. The van der Waals surface area contributed by atoms with Gasteiger partial charge in [0.15, 0.2) is 5.13 Å². The van der Waals surface area contributed by atoms with Gasteiger partial charge in [-0.2, -0.15) is 5.10 Å². The minimum Gasteiger partial charge on any atom is -0.396 e. The Hall–Kier alpha value is -3.92. The van der Waals surface area contributed by atoms with Crippen LogP contribution in [-0.2, 0) is 22.5 Å². The lowest BCUT2D eigenvalue weighted by Crippen LogP contribution is -2.08. The standard InChI is InChI=1S/C24H21FN6O2S/c1-3-33-27-12-15-6-9-20(18(25)11-15)31-22-17(21(30-31)16-5-4-10-26-13-16)7-8-19-23(22)34-24(29-19)28-14(2)32/h4-6,9-13H,3,7-8H2,1-2H3,(H,28,29,32)/b27-12-. The fraction of sp³-hybridized carbons (Fsp3) is 0.208. The number of fused-ring (bicyclic) bond motifs is 3. The summed E-state index contributed by atoms with van der Waals surface area (Å²) in [5, 5.41) is 11.9.